The summed E-state index contributed by atoms with van der Waals surface area (Å²) in [5, 5.41) is 0. The van der Waals surface area contributed by atoms with E-state index in [0.29, 0.717) is 12.1 Å². The number of nitrogens with one attached hydrogen (secondary N) is 1. The molecule has 1 aliphatic heterocycles. The molecule has 0 saturated carbocycles. The van der Waals surface area contributed by atoms with E-state index < -0.39 is 0 Å². The third-order valence-corrected chi connectivity index (χ3v) is 8.11. The zero-order valence-electron chi connectivity index (χ0n) is 22.2. The number of imidazole rings is 1. The summed E-state index contributed by atoms with van der Waals surface area (Å²) in [6.07, 6.45) is 6.55. The number of halogens is 1. The minimum atomic E-state index is -0.201. The van der Waals surface area contributed by atoms with Gasteiger partial charge >= 0.3 is 0 Å². The van der Waals surface area contributed by atoms with Crippen LogP contribution in [0.25, 0.3) is 11.0 Å². The molecular weight excluding hydrogens is 536 g/mol. The molecule has 0 radical (unpaired) electrons. The summed E-state index contributed by atoms with van der Waals surface area (Å²) in [7, 11) is 0. The fourth-order valence-electron chi connectivity index (χ4n) is 5.45. The number of hydrogen-bond donors (Lipinski definition) is 1. The van der Waals surface area contributed by atoms with Gasteiger partial charge in [0.2, 0.25) is 0 Å². The molecule has 1 fully saturated rings. The van der Waals surface area contributed by atoms with Gasteiger partial charge in [0.15, 0.2) is 0 Å². The number of rotatable bonds is 10. The number of carbonyl (C=O) groups is 1. The van der Waals surface area contributed by atoms with E-state index in [0.717, 1.165) is 60.2 Å². The molecule has 198 valence electrons. The molecule has 0 aliphatic carbocycles. The van der Waals surface area contributed by atoms with Crippen LogP contribution in [0.1, 0.15) is 72.4 Å². The van der Waals surface area contributed by atoms with Crippen molar-refractivity contribution in [1.82, 2.24) is 19.8 Å². The Labute approximate surface area is 234 Å². The molecule has 1 amide bonds. The van der Waals surface area contributed by atoms with E-state index in [1.807, 2.05) is 47.4 Å². The third kappa shape index (κ3) is 6.36. The number of carbonyl (C=O) groups excluding carboxylic acids is 1. The predicted octanol–water partition coefficient (Wildman–Crippen LogP) is 7.54. The number of nitrogens with zero attached hydrogens (tertiary/aromatic N) is 3. The van der Waals surface area contributed by atoms with Crippen LogP contribution in [-0.2, 0) is 13.0 Å². The lowest BCUT2D eigenvalue weighted by Gasteiger charge is -2.32. The maximum absolute atomic E-state index is 14.0. The van der Waals surface area contributed by atoms with Crippen LogP contribution in [0.4, 0.5) is 0 Å². The van der Waals surface area contributed by atoms with Crippen molar-refractivity contribution in [1.29, 1.82) is 0 Å². The van der Waals surface area contributed by atoms with Gasteiger partial charge in [-0.25, -0.2) is 4.98 Å². The Morgan fingerprint density at radius 1 is 0.974 bits per heavy atom. The monoisotopic (exact) mass is 572 g/mol. The molecule has 1 aliphatic rings. The molecule has 1 saturated heterocycles. The predicted molar refractivity (Wildman–Crippen MR) is 158 cm³/mol. The smallest absolute Gasteiger partial charge is 0.254 e. The third-order valence-electron chi connectivity index (χ3n) is 7.58. The Balaban J connectivity index is 1.53. The average molecular weight is 574 g/mol. The number of amides is 1. The number of benzene rings is 3. The van der Waals surface area contributed by atoms with E-state index in [9.17, 15) is 4.79 Å². The Morgan fingerprint density at radius 3 is 2.42 bits per heavy atom. The highest BCUT2D eigenvalue weighted by Gasteiger charge is 2.29. The maximum atomic E-state index is 14.0. The van der Waals surface area contributed by atoms with Gasteiger partial charge < -0.3 is 9.88 Å². The highest BCUT2D eigenvalue weighted by atomic mass is 79.9. The number of likely N-dealkylation sites (tertiary alicyclic amines) is 1. The number of aromatic nitrogens is 2. The molecule has 0 spiro atoms. The molecule has 5 nitrogen and oxygen atoms in total. The minimum absolute atomic E-state index is 0.0462. The summed E-state index contributed by atoms with van der Waals surface area (Å²) in [4.78, 5) is 27.2. The van der Waals surface area contributed by atoms with Crippen molar-refractivity contribution in [3.05, 3.63) is 99.8 Å². The van der Waals surface area contributed by atoms with Gasteiger partial charge in [0.05, 0.1) is 17.1 Å². The molecule has 5 rings (SSSR count). The first-order chi connectivity index (χ1) is 18.6. The second-order valence-electron chi connectivity index (χ2n) is 10.3. The van der Waals surface area contributed by atoms with E-state index in [1.54, 1.807) is 0 Å². The van der Waals surface area contributed by atoms with Crippen molar-refractivity contribution in [2.75, 3.05) is 19.6 Å². The lowest BCUT2D eigenvalue weighted by molar-refractivity contribution is 0.0663. The first-order valence-electron chi connectivity index (χ1n) is 13.9. The van der Waals surface area contributed by atoms with Gasteiger partial charge in [-0.05, 0) is 79.9 Å². The Morgan fingerprint density at radius 2 is 1.68 bits per heavy atom. The number of piperidine rings is 1. The van der Waals surface area contributed by atoms with Crippen molar-refractivity contribution in [2.45, 2.75) is 58.0 Å². The molecule has 1 atom stereocenters. The summed E-state index contributed by atoms with van der Waals surface area (Å²) in [5.41, 5.74) is 5.27. The highest BCUT2D eigenvalue weighted by molar-refractivity contribution is 9.10. The second-order valence-corrected chi connectivity index (χ2v) is 11.2. The summed E-state index contributed by atoms with van der Waals surface area (Å²) < 4.78 is 0.967. The first-order valence-corrected chi connectivity index (χ1v) is 14.7. The topological polar surface area (TPSA) is 52.2 Å². The Bertz CT molecular complexity index is 1310. The largest absolute Gasteiger partial charge is 0.340 e. The van der Waals surface area contributed by atoms with Gasteiger partial charge in [0.25, 0.3) is 5.91 Å². The zero-order chi connectivity index (χ0) is 26.3. The number of unbranched alkanes of at least 4 members (excludes halogenated alkanes) is 1. The van der Waals surface area contributed by atoms with Crippen LogP contribution in [0, 0.1) is 0 Å². The highest BCUT2D eigenvalue weighted by Crippen LogP contribution is 2.30. The normalized spacial score (nSPS) is 15.0. The number of H-pyrrole nitrogens is 1. The van der Waals surface area contributed by atoms with Gasteiger partial charge in [0.1, 0.15) is 5.82 Å². The molecule has 1 N–H and O–H groups in total. The van der Waals surface area contributed by atoms with Crippen LogP contribution >= 0.6 is 15.9 Å². The van der Waals surface area contributed by atoms with Crippen molar-refractivity contribution in [3.63, 3.8) is 0 Å². The molecule has 2 heterocycles. The van der Waals surface area contributed by atoms with Crippen molar-refractivity contribution >= 4 is 32.9 Å². The number of fused-ring (bicyclic) bond motifs is 1. The Hall–Kier alpha value is -2.96. The lowest BCUT2D eigenvalue weighted by Crippen LogP contribution is -2.38. The van der Waals surface area contributed by atoms with E-state index in [4.69, 9.17) is 4.98 Å². The molecule has 38 heavy (non-hydrogen) atoms. The van der Waals surface area contributed by atoms with Crippen molar-refractivity contribution < 1.29 is 4.79 Å². The SMILES string of the molecule is CCCCN(C(=O)c1ccc(Br)cc1)C(Cc1ccccc1CN1CCCCC1)c1nc2ccccc2[nH]1. The molecule has 6 heteroatoms. The summed E-state index contributed by atoms with van der Waals surface area (Å²) in [6.45, 7) is 6.13. The second kappa shape index (κ2) is 12.7. The van der Waals surface area contributed by atoms with Crippen LogP contribution in [0.3, 0.4) is 0 Å². The number of aromatic amines is 1. The molecule has 3 aromatic carbocycles. The minimum Gasteiger partial charge on any atom is -0.340 e. The van der Waals surface area contributed by atoms with Crippen molar-refractivity contribution in [2.24, 2.45) is 0 Å². The van der Waals surface area contributed by atoms with Crippen LogP contribution < -0.4 is 0 Å². The number of para-hydroxylation sites is 2. The van der Waals surface area contributed by atoms with E-state index in [2.05, 4.69) is 63.1 Å². The fourth-order valence-corrected chi connectivity index (χ4v) is 5.71. The molecule has 0 bridgehead atoms. The van der Waals surface area contributed by atoms with E-state index >= 15 is 0 Å². The van der Waals surface area contributed by atoms with E-state index in [-0.39, 0.29) is 11.9 Å². The number of hydrogen-bond acceptors (Lipinski definition) is 3. The first kappa shape index (κ1) is 26.6. The van der Waals surface area contributed by atoms with Gasteiger partial charge in [0, 0.05) is 29.5 Å². The van der Waals surface area contributed by atoms with Crippen LogP contribution in [0.5, 0.6) is 0 Å². The van der Waals surface area contributed by atoms with Crippen LogP contribution in [0.2, 0.25) is 0 Å². The maximum Gasteiger partial charge on any atom is 0.254 e. The molecule has 1 aromatic heterocycles. The summed E-state index contributed by atoms with van der Waals surface area (Å²) in [5.74, 6) is 0.894. The van der Waals surface area contributed by atoms with E-state index in [1.165, 1.54) is 30.4 Å². The van der Waals surface area contributed by atoms with Crippen LogP contribution in [0.15, 0.2) is 77.3 Å². The summed E-state index contributed by atoms with van der Waals surface area (Å²) >= 11 is 3.51. The van der Waals surface area contributed by atoms with Gasteiger partial charge in [-0.3, -0.25) is 9.69 Å². The van der Waals surface area contributed by atoms with Gasteiger partial charge in [-0.1, -0.05) is 72.1 Å². The van der Waals surface area contributed by atoms with Crippen LogP contribution in [-0.4, -0.2) is 45.3 Å². The fraction of sp³-hybridized carbons (Fsp3) is 0.375. The molecule has 4 aromatic rings. The van der Waals surface area contributed by atoms with Gasteiger partial charge in [-0.2, -0.15) is 0 Å². The molecule has 1 unspecified atom stereocenters. The standard InChI is InChI=1S/C32H37BrN4O/c1-2-3-21-37(32(38)24-15-17-27(33)18-16-24)30(31-34-28-13-7-8-14-29(28)35-31)22-25-11-5-6-12-26(25)23-36-19-9-4-10-20-36/h5-8,11-18,30H,2-4,9-10,19-23H2,1H3,(H,34,35). The zero-order valence-corrected chi connectivity index (χ0v) is 23.8. The average Bonchev–Trinajstić information content (AvgIpc) is 3.38. The lowest BCUT2D eigenvalue weighted by atomic mass is 9.97. The Kier molecular flexibility index (Phi) is 8.92. The summed E-state index contributed by atoms with van der Waals surface area (Å²) in [6, 6.07) is 24.4. The molecular formula is C32H37BrN4O. The van der Waals surface area contributed by atoms with Gasteiger partial charge in [-0.15, -0.1) is 0 Å². The quantitative estimate of drug-likeness (QED) is 0.213. The van der Waals surface area contributed by atoms with Crippen molar-refractivity contribution in [3.8, 4) is 0 Å².